The van der Waals surface area contributed by atoms with Crippen molar-refractivity contribution in [2.75, 3.05) is 13.1 Å². The number of benzene rings is 1. The third-order valence-corrected chi connectivity index (χ3v) is 2.85. The van der Waals surface area contributed by atoms with Gasteiger partial charge in [0.2, 0.25) is 5.96 Å². The van der Waals surface area contributed by atoms with Crippen molar-refractivity contribution in [2.45, 2.75) is 13.8 Å². The van der Waals surface area contributed by atoms with Gasteiger partial charge in [-0.05, 0) is 26.0 Å². The second kappa shape index (κ2) is 8.60. The lowest BCUT2D eigenvalue weighted by atomic mass is 10.2. The van der Waals surface area contributed by atoms with Crippen molar-refractivity contribution in [3.63, 3.8) is 0 Å². The third-order valence-electron chi connectivity index (χ3n) is 2.38. The fourth-order valence-electron chi connectivity index (χ4n) is 1.58. The van der Waals surface area contributed by atoms with E-state index >= 15 is 0 Å². The number of nitrogens with two attached hydrogens (primary N) is 1. The Hall–Kier alpha value is -1.64. The highest BCUT2D eigenvalue weighted by Crippen LogP contribution is 2.05. The lowest BCUT2D eigenvalue weighted by Crippen LogP contribution is -2.49. The van der Waals surface area contributed by atoms with Crippen molar-refractivity contribution in [3.05, 3.63) is 35.9 Å². The molecule has 0 saturated carbocycles. The van der Waals surface area contributed by atoms with Crippen LogP contribution in [0, 0.1) is 0 Å². The minimum absolute atomic E-state index is 0. The molecule has 1 aromatic carbocycles. The van der Waals surface area contributed by atoms with Crippen LogP contribution in [-0.2, 0) is 10.2 Å². The highest BCUT2D eigenvalue weighted by atomic mass is 35.5. The molecule has 7 nitrogen and oxygen atoms in total. The zero-order chi connectivity index (χ0) is 15.2. The Kier molecular flexibility index (Phi) is 7.93. The second-order valence-corrected chi connectivity index (χ2v) is 5.15. The summed E-state index contributed by atoms with van der Waals surface area (Å²) in [5, 5.41) is 4.94. The van der Waals surface area contributed by atoms with Crippen LogP contribution in [0.2, 0.25) is 0 Å². The highest BCUT2D eigenvalue weighted by Gasteiger charge is 2.21. The van der Waals surface area contributed by atoms with Crippen LogP contribution < -0.4 is 9.86 Å². The molecule has 3 N–H and O–H groups in total. The molecule has 0 spiro atoms. The van der Waals surface area contributed by atoms with Gasteiger partial charge in [-0.25, -0.2) is 9.86 Å². The highest BCUT2D eigenvalue weighted by molar-refractivity contribution is 7.87. The first-order valence-electron chi connectivity index (χ1n) is 6.11. The Morgan fingerprint density at radius 3 is 2.29 bits per heavy atom. The summed E-state index contributed by atoms with van der Waals surface area (Å²) in [4.78, 5) is 17.6. The molecular formula is C12H19ClN4O3S. The normalized spacial score (nSPS) is 11.5. The van der Waals surface area contributed by atoms with Gasteiger partial charge in [-0.1, -0.05) is 18.2 Å². The van der Waals surface area contributed by atoms with Crippen molar-refractivity contribution >= 4 is 34.5 Å². The van der Waals surface area contributed by atoms with E-state index in [2.05, 4.69) is 9.71 Å². The number of amides is 1. The van der Waals surface area contributed by atoms with Gasteiger partial charge in [0.05, 0.1) is 0 Å². The maximum absolute atomic E-state index is 12.3. The van der Waals surface area contributed by atoms with Crippen LogP contribution in [0.5, 0.6) is 0 Å². The SMILES string of the molecule is CCN=C(NS(N)(=O)=O)N(CC)C(=O)c1ccccc1.Cl. The number of nitrogens with one attached hydrogen (secondary N) is 1. The summed E-state index contributed by atoms with van der Waals surface area (Å²) in [5.74, 6) is -0.428. The Labute approximate surface area is 130 Å². The lowest BCUT2D eigenvalue weighted by molar-refractivity contribution is 0.0850. The number of carbonyl (C=O) groups excluding carboxylic acids is 1. The molecule has 0 aliphatic rings. The maximum Gasteiger partial charge on any atom is 0.298 e. The Bertz CT molecular complexity index is 590. The minimum atomic E-state index is -3.99. The topological polar surface area (TPSA) is 105 Å². The van der Waals surface area contributed by atoms with Gasteiger partial charge >= 0.3 is 0 Å². The van der Waals surface area contributed by atoms with Gasteiger partial charge in [0.1, 0.15) is 0 Å². The van der Waals surface area contributed by atoms with E-state index in [1.165, 1.54) is 4.90 Å². The van der Waals surface area contributed by atoms with E-state index in [1.807, 2.05) is 0 Å². The third kappa shape index (κ3) is 6.11. The van der Waals surface area contributed by atoms with Gasteiger partial charge in [-0.2, -0.15) is 8.42 Å². The maximum atomic E-state index is 12.3. The van der Waals surface area contributed by atoms with Crippen LogP contribution in [0.1, 0.15) is 24.2 Å². The van der Waals surface area contributed by atoms with E-state index in [9.17, 15) is 13.2 Å². The van der Waals surface area contributed by atoms with Gasteiger partial charge in [0, 0.05) is 18.7 Å². The van der Waals surface area contributed by atoms with E-state index in [0.717, 1.165) is 0 Å². The predicted octanol–water partition coefficient (Wildman–Crippen LogP) is 0.740. The number of rotatable bonds is 4. The van der Waals surface area contributed by atoms with Crippen molar-refractivity contribution in [1.82, 2.24) is 9.62 Å². The number of nitrogens with zero attached hydrogens (tertiary/aromatic N) is 2. The van der Waals surface area contributed by atoms with Gasteiger partial charge in [-0.15, -0.1) is 12.4 Å². The molecule has 9 heteroatoms. The lowest BCUT2D eigenvalue weighted by Gasteiger charge is -2.22. The molecule has 0 aromatic heterocycles. The zero-order valence-corrected chi connectivity index (χ0v) is 13.4. The van der Waals surface area contributed by atoms with Crippen LogP contribution in [0.25, 0.3) is 0 Å². The van der Waals surface area contributed by atoms with E-state index in [4.69, 9.17) is 5.14 Å². The fraction of sp³-hybridized carbons (Fsp3) is 0.333. The number of halogens is 1. The second-order valence-electron chi connectivity index (χ2n) is 3.86. The van der Waals surface area contributed by atoms with Crippen LogP contribution >= 0.6 is 12.4 Å². The number of hydrogen-bond donors (Lipinski definition) is 2. The summed E-state index contributed by atoms with van der Waals surface area (Å²) in [6.07, 6.45) is 0. The van der Waals surface area contributed by atoms with Crippen molar-refractivity contribution in [2.24, 2.45) is 10.1 Å². The molecule has 21 heavy (non-hydrogen) atoms. The van der Waals surface area contributed by atoms with Gasteiger partial charge in [0.15, 0.2) is 0 Å². The molecule has 0 aliphatic carbocycles. The predicted molar refractivity (Wildman–Crippen MR) is 84.6 cm³/mol. The summed E-state index contributed by atoms with van der Waals surface area (Å²) in [6.45, 7) is 4.02. The van der Waals surface area contributed by atoms with Crippen molar-refractivity contribution < 1.29 is 13.2 Å². The number of hydrogen-bond acceptors (Lipinski definition) is 4. The van der Waals surface area contributed by atoms with Gasteiger partial charge in [0.25, 0.3) is 16.1 Å². The molecule has 0 saturated heterocycles. The molecule has 0 fully saturated rings. The van der Waals surface area contributed by atoms with Gasteiger partial charge in [-0.3, -0.25) is 14.7 Å². The van der Waals surface area contributed by atoms with E-state index in [0.29, 0.717) is 12.1 Å². The van der Waals surface area contributed by atoms with E-state index in [-0.39, 0.29) is 30.8 Å². The van der Waals surface area contributed by atoms with Crippen LogP contribution in [-0.4, -0.2) is 38.3 Å². The molecule has 0 atom stereocenters. The Morgan fingerprint density at radius 1 is 1.29 bits per heavy atom. The number of guanidine groups is 1. The molecule has 0 heterocycles. The Morgan fingerprint density at radius 2 is 1.86 bits per heavy atom. The summed E-state index contributed by atoms with van der Waals surface area (Å²) in [5.41, 5.74) is 0.439. The first kappa shape index (κ1) is 19.4. The Balaban J connectivity index is 0.00000400. The monoisotopic (exact) mass is 334 g/mol. The van der Waals surface area contributed by atoms with E-state index < -0.39 is 10.2 Å². The molecule has 1 rings (SSSR count). The molecular weight excluding hydrogens is 316 g/mol. The van der Waals surface area contributed by atoms with Crippen LogP contribution in [0.15, 0.2) is 35.3 Å². The van der Waals surface area contributed by atoms with Crippen molar-refractivity contribution in [3.8, 4) is 0 Å². The van der Waals surface area contributed by atoms with Crippen LogP contribution in [0.3, 0.4) is 0 Å². The van der Waals surface area contributed by atoms with Gasteiger partial charge < -0.3 is 0 Å². The molecule has 0 radical (unpaired) electrons. The number of aliphatic imine (C=N–C) groups is 1. The summed E-state index contributed by atoms with van der Waals surface area (Å²) in [7, 11) is -3.99. The molecule has 0 bridgehead atoms. The summed E-state index contributed by atoms with van der Waals surface area (Å²) < 4.78 is 24.4. The molecule has 118 valence electrons. The fourth-order valence-corrected chi connectivity index (χ4v) is 2.01. The summed E-state index contributed by atoms with van der Waals surface area (Å²) in [6, 6.07) is 8.53. The smallest absolute Gasteiger partial charge is 0.278 e. The van der Waals surface area contributed by atoms with E-state index in [1.54, 1.807) is 44.2 Å². The first-order valence-corrected chi connectivity index (χ1v) is 7.65. The zero-order valence-electron chi connectivity index (χ0n) is 11.8. The quantitative estimate of drug-likeness (QED) is 0.626. The minimum Gasteiger partial charge on any atom is -0.278 e. The van der Waals surface area contributed by atoms with Crippen molar-refractivity contribution in [1.29, 1.82) is 0 Å². The summed E-state index contributed by atoms with van der Waals surface area (Å²) >= 11 is 0. The standard InChI is InChI=1S/C12H18N4O3S.ClH/c1-3-14-12(15-20(13,18)19)16(4-2)11(17)10-8-6-5-7-9-10;/h5-9H,3-4H2,1-2H3,(H,14,15)(H2,13,18,19);1H. The molecule has 1 aromatic rings. The first-order chi connectivity index (χ1) is 9.39. The largest absolute Gasteiger partial charge is 0.298 e. The average molecular weight is 335 g/mol. The van der Waals surface area contributed by atoms with Crippen LogP contribution in [0.4, 0.5) is 0 Å². The molecule has 0 unspecified atom stereocenters. The molecule has 1 amide bonds. The number of carbonyl (C=O) groups is 1. The molecule has 0 aliphatic heterocycles. The average Bonchev–Trinajstić information content (AvgIpc) is 2.39.